The Bertz CT molecular complexity index is 405. The number of pyridine rings is 1. The highest BCUT2D eigenvalue weighted by Crippen LogP contribution is 2.22. The minimum atomic E-state index is 0.560. The second-order valence-corrected chi connectivity index (χ2v) is 5.36. The predicted octanol–water partition coefficient (Wildman–Crippen LogP) is 1.38. The largest absolute Gasteiger partial charge is 0.355 e. The smallest absolute Gasteiger partial charge is 0.131 e. The van der Waals surface area contributed by atoms with E-state index in [1.807, 2.05) is 6.20 Å². The first-order valence-corrected chi connectivity index (χ1v) is 6.68. The number of likely N-dealkylation sites (N-methyl/N-ethyl adjacent to an activating group) is 2. The second kappa shape index (κ2) is 5.67. The van der Waals surface area contributed by atoms with Crippen LogP contribution < -0.4 is 10.6 Å². The van der Waals surface area contributed by atoms with Gasteiger partial charge in [0, 0.05) is 32.4 Å². The number of anilines is 1. The van der Waals surface area contributed by atoms with Gasteiger partial charge in [-0.05, 0) is 50.6 Å². The van der Waals surface area contributed by atoms with Gasteiger partial charge in [0.2, 0.25) is 0 Å². The molecule has 0 bridgehead atoms. The first kappa shape index (κ1) is 13.3. The van der Waals surface area contributed by atoms with Gasteiger partial charge in [0.15, 0.2) is 0 Å². The Hall–Kier alpha value is -1.13. The van der Waals surface area contributed by atoms with Crippen LogP contribution >= 0.6 is 0 Å². The zero-order valence-corrected chi connectivity index (χ0v) is 11.7. The Morgan fingerprint density at radius 1 is 1.56 bits per heavy atom. The van der Waals surface area contributed by atoms with Crippen LogP contribution in [0.4, 0.5) is 5.82 Å². The average Bonchev–Trinajstić information content (AvgIpc) is 2.37. The Morgan fingerprint density at radius 3 is 2.94 bits per heavy atom. The van der Waals surface area contributed by atoms with Gasteiger partial charge in [0.1, 0.15) is 5.82 Å². The number of hydrogen-bond donors (Lipinski definition) is 1. The summed E-state index contributed by atoms with van der Waals surface area (Å²) in [5, 5.41) is 0. The molecule has 2 N–H and O–H groups in total. The molecule has 0 saturated carbocycles. The van der Waals surface area contributed by atoms with E-state index in [0.717, 1.165) is 17.9 Å². The first-order chi connectivity index (χ1) is 8.61. The summed E-state index contributed by atoms with van der Waals surface area (Å²) in [7, 11) is 4.35. The molecule has 0 radical (unpaired) electrons. The summed E-state index contributed by atoms with van der Waals surface area (Å²) in [6, 6.07) is 2.71. The van der Waals surface area contributed by atoms with Crippen molar-refractivity contribution >= 4 is 5.82 Å². The summed E-state index contributed by atoms with van der Waals surface area (Å²) in [6.07, 6.45) is 4.41. The van der Waals surface area contributed by atoms with Crippen molar-refractivity contribution in [2.45, 2.75) is 32.4 Å². The molecule has 1 atom stereocenters. The molecule has 1 aliphatic heterocycles. The van der Waals surface area contributed by atoms with Gasteiger partial charge in [0.25, 0.3) is 0 Å². The highest BCUT2D eigenvalue weighted by Gasteiger charge is 2.22. The third kappa shape index (κ3) is 2.82. The molecule has 0 aromatic carbocycles. The van der Waals surface area contributed by atoms with E-state index in [0.29, 0.717) is 12.6 Å². The van der Waals surface area contributed by atoms with Crippen molar-refractivity contribution in [3.8, 4) is 0 Å². The van der Waals surface area contributed by atoms with E-state index in [4.69, 9.17) is 5.73 Å². The van der Waals surface area contributed by atoms with E-state index >= 15 is 0 Å². The fourth-order valence-corrected chi connectivity index (χ4v) is 2.73. The Balaban J connectivity index is 2.15. The molecule has 0 aliphatic carbocycles. The van der Waals surface area contributed by atoms with Gasteiger partial charge in [-0.25, -0.2) is 4.98 Å². The Kier molecular flexibility index (Phi) is 4.19. The van der Waals surface area contributed by atoms with Gasteiger partial charge in [0.05, 0.1) is 0 Å². The van der Waals surface area contributed by atoms with Crippen LogP contribution in [0.2, 0.25) is 0 Å². The lowest BCUT2D eigenvalue weighted by molar-refractivity contribution is 0.247. The number of piperidine rings is 1. The van der Waals surface area contributed by atoms with Crippen LogP contribution in [-0.2, 0) is 6.54 Å². The summed E-state index contributed by atoms with van der Waals surface area (Å²) in [5.74, 6) is 1.09. The zero-order chi connectivity index (χ0) is 13.1. The van der Waals surface area contributed by atoms with Crippen LogP contribution in [0, 0.1) is 6.92 Å². The molecule has 0 amide bonds. The van der Waals surface area contributed by atoms with Gasteiger partial charge in [-0.3, -0.25) is 0 Å². The average molecular weight is 248 g/mol. The molecule has 100 valence electrons. The zero-order valence-electron chi connectivity index (χ0n) is 11.7. The molecule has 1 aromatic rings. The lowest BCUT2D eigenvalue weighted by Gasteiger charge is -2.37. The minimum Gasteiger partial charge on any atom is -0.355 e. The van der Waals surface area contributed by atoms with Gasteiger partial charge in [-0.1, -0.05) is 0 Å². The standard InChI is InChI=1S/C14H24N4/c1-11-7-12(8-15)9-16-14(11)18(3)13-5-4-6-17(2)10-13/h7,9,13H,4-6,8,10,15H2,1-3H3. The van der Waals surface area contributed by atoms with E-state index in [2.05, 4.69) is 41.9 Å². The van der Waals surface area contributed by atoms with E-state index in [-0.39, 0.29) is 0 Å². The third-order valence-electron chi connectivity index (χ3n) is 3.82. The number of hydrogen-bond acceptors (Lipinski definition) is 4. The predicted molar refractivity (Wildman–Crippen MR) is 75.8 cm³/mol. The maximum atomic E-state index is 5.65. The molecule has 4 nitrogen and oxygen atoms in total. The van der Waals surface area contributed by atoms with Gasteiger partial charge >= 0.3 is 0 Å². The molecule has 1 fully saturated rings. The first-order valence-electron chi connectivity index (χ1n) is 6.68. The van der Waals surface area contributed by atoms with E-state index in [1.165, 1.54) is 24.9 Å². The monoisotopic (exact) mass is 248 g/mol. The Morgan fingerprint density at radius 2 is 2.33 bits per heavy atom. The summed E-state index contributed by atoms with van der Waals surface area (Å²) in [4.78, 5) is 9.30. The maximum Gasteiger partial charge on any atom is 0.131 e. The summed E-state index contributed by atoms with van der Waals surface area (Å²) in [6.45, 7) is 5.01. The van der Waals surface area contributed by atoms with Gasteiger partial charge < -0.3 is 15.5 Å². The number of likely N-dealkylation sites (tertiary alicyclic amines) is 1. The Labute approximate surface area is 110 Å². The normalized spacial score (nSPS) is 21.0. The number of rotatable bonds is 3. The van der Waals surface area contributed by atoms with Crippen molar-refractivity contribution in [1.82, 2.24) is 9.88 Å². The molecule has 4 heteroatoms. The van der Waals surface area contributed by atoms with E-state index < -0.39 is 0 Å². The summed E-state index contributed by atoms with van der Waals surface area (Å²) < 4.78 is 0. The highest BCUT2D eigenvalue weighted by molar-refractivity contribution is 5.47. The van der Waals surface area contributed by atoms with Crippen molar-refractivity contribution in [1.29, 1.82) is 0 Å². The van der Waals surface area contributed by atoms with Crippen LogP contribution in [0.1, 0.15) is 24.0 Å². The van der Waals surface area contributed by atoms with Crippen molar-refractivity contribution < 1.29 is 0 Å². The molecule has 1 aliphatic rings. The van der Waals surface area contributed by atoms with Crippen molar-refractivity contribution in [3.05, 3.63) is 23.4 Å². The van der Waals surface area contributed by atoms with Crippen LogP contribution in [0.25, 0.3) is 0 Å². The molecule has 1 aromatic heterocycles. The second-order valence-electron chi connectivity index (χ2n) is 5.36. The van der Waals surface area contributed by atoms with E-state index in [1.54, 1.807) is 0 Å². The molecule has 2 rings (SSSR count). The summed E-state index contributed by atoms with van der Waals surface area (Å²) >= 11 is 0. The fourth-order valence-electron chi connectivity index (χ4n) is 2.73. The van der Waals surface area contributed by atoms with Crippen LogP contribution in [-0.4, -0.2) is 43.1 Å². The lowest BCUT2D eigenvalue weighted by atomic mass is 10.0. The molecule has 18 heavy (non-hydrogen) atoms. The van der Waals surface area contributed by atoms with Gasteiger partial charge in [-0.15, -0.1) is 0 Å². The molecule has 2 heterocycles. The van der Waals surface area contributed by atoms with Crippen LogP contribution in [0.15, 0.2) is 12.3 Å². The lowest BCUT2D eigenvalue weighted by Crippen LogP contribution is -2.45. The topological polar surface area (TPSA) is 45.4 Å². The molecular weight excluding hydrogens is 224 g/mol. The number of nitrogens with zero attached hydrogens (tertiary/aromatic N) is 3. The van der Waals surface area contributed by atoms with Crippen molar-refractivity contribution in [2.24, 2.45) is 5.73 Å². The number of nitrogens with two attached hydrogens (primary N) is 1. The van der Waals surface area contributed by atoms with Crippen molar-refractivity contribution in [3.63, 3.8) is 0 Å². The minimum absolute atomic E-state index is 0.560. The fraction of sp³-hybridized carbons (Fsp3) is 0.643. The third-order valence-corrected chi connectivity index (χ3v) is 3.82. The van der Waals surface area contributed by atoms with Gasteiger partial charge in [-0.2, -0.15) is 0 Å². The number of aryl methyl sites for hydroxylation is 1. The molecule has 1 saturated heterocycles. The molecular formula is C14H24N4. The number of aromatic nitrogens is 1. The maximum absolute atomic E-state index is 5.65. The highest BCUT2D eigenvalue weighted by atomic mass is 15.2. The van der Waals surface area contributed by atoms with Crippen molar-refractivity contribution in [2.75, 3.05) is 32.1 Å². The van der Waals surface area contributed by atoms with Crippen LogP contribution in [0.3, 0.4) is 0 Å². The molecule has 0 spiro atoms. The quantitative estimate of drug-likeness (QED) is 0.878. The van der Waals surface area contributed by atoms with Crippen LogP contribution in [0.5, 0.6) is 0 Å². The summed E-state index contributed by atoms with van der Waals surface area (Å²) in [5.41, 5.74) is 7.96. The SMILES string of the molecule is Cc1cc(CN)cnc1N(C)C1CCCN(C)C1. The van der Waals surface area contributed by atoms with E-state index in [9.17, 15) is 0 Å². The molecule has 1 unspecified atom stereocenters.